The van der Waals surface area contributed by atoms with Crippen LogP contribution in [0.2, 0.25) is 0 Å². The standard InChI is InChI=1S/C19H19N3O3/c1-19(2,3)25-18(24)22-16-9-5-7-14(11-16)17(23)21-15-8-4-6-13(10-15)12-20/h4-11H,1-3H3,(H,21,23)(H,22,24). The first-order chi connectivity index (χ1) is 11.8. The molecule has 0 aliphatic rings. The summed E-state index contributed by atoms with van der Waals surface area (Å²) < 4.78 is 5.18. The molecule has 0 heterocycles. The molecule has 128 valence electrons. The molecule has 0 unspecified atom stereocenters. The topological polar surface area (TPSA) is 91.2 Å². The Balaban J connectivity index is 2.08. The fraction of sp³-hybridized carbons (Fsp3) is 0.211. The second-order valence-corrected chi connectivity index (χ2v) is 6.35. The van der Waals surface area contributed by atoms with Gasteiger partial charge in [-0.3, -0.25) is 10.1 Å². The number of benzene rings is 2. The van der Waals surface area contributed by atoms with Gasteiger partial charge in [0.05, 0.1) is 11.6 Å². The van der Waals surface area contributed by atoms with Gasteiger partial charge < -0.3 is 10.1 Å². The summed E-state index contributed by atoms with van der Waals surface area (Å²) in [5, 5.41) is 14.2. The van der Waals surface area contributed by atoms with Crippen LogP contribution in [0.15, 0.2) is 48.5 Å². The van der Waals surface area contributed by atoms with E-state index in [1.807, 2.05) is 6.07 Å². The van der Waals surface area contributed by atoms with Crippen molar-refractivity contribution in [2.75, 3.05) is 10.6 Å². The number of rotatable bonds is 3. The predicted molar refractivity (Wildman–Crippen MR) is 95.4 cm³/mol. The van der Waals surface area contributed by atoms with Crippen molar-refractivity contribution in [2.45, 2.75) is 26.4 Å². The van der Waals surface area contributed by atoms with Gasteiger partial charge in [0.2, 0.25) is 0 Å². The molecule has 0 aromatic heterocycles. The van der Waals surface area contributed by atoms with E-state index in [1.165, 1.54) is 0 Å². The number of hydrogen-bond donors (Lipinski definition) is 2. The fourth-order valence-corrected chi connectivity index (χ4v) is 2.03. The van der Waals surface area contributed by atoms with Gasteiger partial charge >= 0.3 is 6.09 Å². The summed E-state index contributed by atoms with van der Waals surface area (Å²) in [5.74, 6) is -0.345. The zero-order valence-corrected chi connectivity index (χ0v) is 14.3. The molecule has 0 atom stereocenters. The van der Waals surface area contributed by atoms with Gasteiger partial charge in [-0.1, -0.05) is 12.1 Å². The van der Waals surface area contributed by atoms with Gasteiger partial charge in [-0.25, -0.2) is 4.79 Å². The lowest BCUT2D eigenvalue weighted by Gasteiger charge is -2.19. The molecule has 2 amide bonds. The van der Waals surface area contributed by atoms with Crippen LogP contribution in [0, 0.1) is 11.3 Å². The molecule has 25 heavy (non-hydrogen) atoms. The van der Waals surface area contributed by atoms with Crippen LogP contribution in [-0.4, -0.2) is 17.6 Å². The van der Waals surface area contributed by atoms with Crippen molar-refractivity contribution >= 4 is 23.4 Å². The van der Waals surface area contributed by atoms with Crippen LogP contribution in [0.1, 0.15) is 36.7 Å². The summed E-state index contributed by atoms with van der Waals surface area (Å²) in [4.78, 5) is 24.1. The monoisotopic (exact) mass is 337 g/mol. The van der Waals surface area contributed by atoms with Crippen molar-refractivity contribution in [3.63, 3.8) is 0 Å². The third-order valence-electron chi connectivity index (χ3n) is 3.02. The third kappa shape index (κ3) is 5.66. The smallest absolute Gasteiger partial charge is 0.412 e. The van der Waals surface area contributed by atoms with Gasteiger partial charge in [-0.15, -0.1) is 0 Å². The average Bonchev–Trinajstić information content (AvgIpc) is 2.53. The minimum absolute atomic E-state index is 0.345. The molecular weight excluding hydrogens is 318 g/mol. The van der Waals surface area contributed by atoms with Crippen molar-refractivity contribution in [1.29, 1.82) is 5.26 Å². The second-order valence-electron chi connectivity index (χ2n) is 6.35. The fourth-order valence-electron chi connectivity index (χ4n) is 2.03. The van der Waals surface area contributed by atoms with Crippen molar-refractivity contribution in [3.8, 4) is 6.07 Å². The van der Waals surface area contributed by atoms with Crippen LogP contribution >= 0.6 is 0 Å². The van der Waals surface area contributed by atoms with Gasteiger partial charge in [-0.2, -0.15) is 5.26 Å². The van der Waals surface area contributed by atoms with Gasteiger partial charge in [0.25, 0.3) is 5.91 Å². The molecule has 0 aliphatic heterocycles. The normalized spacial score (nSPS) is 10.5. The Hall–Kier alpha value is -3.33. The van der Waals surface area contributed by atoms with Crippen molar-refractivity contribution < 1.29 is 14.3 Å². The predicted octanol–water partition coefficient (Wildman–Crippen LogP) is 4.16. The minimum Gasteiger partial charge on any atom is -0.444 e. The molecule has 6 nitrogen and oxygen atoms in total. The number of carbonyl (C=O) groups excluding carboxylic acids is 2. The molecule has 2 aromatic rings. The SMILES string of the molecule is CC(C)(C)OC(=O)Nc1cccc(C(=O)Nc2cccc(C#N)c2)c1. The van der Waals surface area contributed by atoms with Crippen LogP contribution in [0.5, 0.6) is 0 Å². The summed E-state index contributed by atoms with van der Waals surface area (Å²) in [5.41, 5.74) is 1.20. The van der Waals surface area contributed by atoms with E-state index in [9.17, 15) is 9.59 Å². The first kappa shape index (κ1) is 18.0. The van der Waals surface area contributed by atoms with Crippen LogP contribution < -0.4 is 10.6 Å². The molecule has 0 saturated carbocycles. The number of carbonyl (C=O) groups is 2. The quantitative estimate of drug-likeness (QED) is 0.880. The molecule has 2 N–H and O–H groups in total. The van der Waals surface area contributed by atoms with Crippen LogP contribution in [0.4, 0.5) is 16.2 Å². The Morgan fingerprint density at radius 3 is 2.28 bits per heavy atom. The van der Waals surface area contributed by atoms with E-state index in [0.717, 1.165) is 0 Å². The van der Waals surface area contributed by atoms with Crippen LogP contribution in [-0.2, 0) is 4.74 Å². The molecule has 0 bridgehead atoms. The van der Waals surface area contributed by atoms with Crippen LogP contribution in [0.25, 0.3) is 0 Å². The van der Waals surface area contributed by atoms with E-state index >= 15 is 0 Å². The lowest BCUT2D eigenvalue weighted by atomic mass is 10.1. The van der Waals surface area contributed by atoms with Gasteiger partial charge in [-0.05, 0) is 57.2 Å². The zero-order chi connectivity index (χ0) is 18.4. The largest absolute Gasteiger partial charge is 0.444 e. The van der Waals surface area contributed by atoms with Gasteiger partial charge in [0, 0.05) is 16.9 Å². The van der Waals surface area contributed by atoms with E-state index in [-0.39, 0.29) is 5.91 Å². The maximum absolute atomic E-state index is 12.3. The highest BCUT2D eigenvalue weighted by molar-refractivity contribution is 6.05. The van der Waals surface area contributed by atoms with Crippen molar-refractivity contribution in [3.05, 3.63) is 59.7 Å². The first-order valence-corrected chi connectivity index (χ1v) is 7.68. The van der Waals surface area contributed by atoms with E-state index in [1.54, 1.807) is 69.3 Å². The highest BCUT2D eigenvalue weighted by Gasteiger charge is 2.16. The van der Waals surface area contributed by atoms with Gasteiger partial charge in [0.1, 0.15) is 5.60 Å². The number of nitrogens with zero attached hydrogens (tertiary/aromatic N) is 1. The number of nitriles is 1. The number of ether oxygens (including phenoxy) is 1. The first-order valence-electron chi connectivity index (χ1n) is 7.68. The number of hydrogen-bond acceptors (Lipinski definition) is 4. The van der Waals surface area contributed by atoms with Crippen molar-refractivity contribution in [2.24, 2.45) is 0 Å². The molecule has 2 aromatic carbocycles. The molecular formula is C19H19N3O3. The summed E-state index contributed by atoms with van der Waals surface area (Å²) in [6.07, 6.45) is -0.591. The molecule has 0 aliphatic carbocycles. The number of anilines is 2. The Morgan fingerprint density at radius 1 is 1.00 bits per heavy atom. The van der Waals surface area contributed by atoms with E-state index < -0.39 is 11.7 Å². The Morgan fingerprint density at radius 2 is 1.64 bits per heavy atom. The lowest BCUT2D eigenvalue weighted by molar-refractivity contribution is 0.0635. The van der Waals surface area contributed by atoms with E-state index in [4.69, 9.17) is 10.00 Å². The second kappa shape index (κ2) is 7.49. The maximum atomic E-state index is 12.3. The molecule has 6 heteroatoms. The summed E-state index contributed by atoms with van der Waals surface area (Å²) >= 11 is 0. The summed E-state index contributed by atoms with van der Waals surface area (Å²) in [7, 11) is 0. The molecule has 0 saturated heterocycles. The van der Waals surface area contributed by atoms with E-state index in [2.05, 4.69) is 10.6 Å². The van der Waals surface area contributed by atoms with Gasteiger partial charge in [0.15, 0.2) is 0 Å². The maximum Gasteiger partial charge on any atom is 0.412 e. The van der Waals surface area contributed by atoms with Crippen molar-refractivity contribution in [1.82, 2.24) is 0 Å². The lowest BCUT2D eigenvalue weighted by Crippen LogP contribution is -2.27. The minimum atomic E-state index is -0.606. The molecule has 0 spiro atoms. The Bertz CT molecular complexity index is 832. The van der Waals surface area contributed by atoms with Crippen LogP contribution in [0.3, 0.4) is 0 Å². The number of amides is 2. The number of nitrogens with one attached hydrogen (secondary N) is 2. The Labute approximate surface area is 146 Å². The average molecular weight is 337 g/mol. The summed E-state index contributed by atoms with van der Waals surface area (Å²) in [6.45, 7) is 5.31. The Kier molecular flexibility index (Phi) is 5.40. The molecule has 0 radical (unpaired) electrons. The third-order valence-corrected chi connectivity index (χ3v) is 3.02. The highest BCUT2D eigenvalue weighted by atomic mass is 16.6. The summed E-state index contributed by atoms with van der Waals surface area (Å²) in [6, 6.07) is 15.1. The molecule has 2 rings (SSSR count). The molecule has 0 fully saturated rings. The zero-order valence-electron chi connectivity index (χ0n) is 14.3. The van der Waals surface area contributed by atoms with E-state index in [0.29, 0.717) is 22.5 Å². The highest BCUT2D eigenvalue weighted by Crippen LogP contribution is 2.16.